The lowest BCUT2D eigenvalue weighted by atomic mass is 9.88. The van der Waals surface area contributed by atoms with Gasteiger partial charge in [0.15, 0.2) is 16.9 Å². The monoisotopic (exact) mass is 586 g/mol. The van der Waals surface area contributed by atoms with E-state index in [1.807, 2.05) is 0 Å². The van der Waals surface area contributed by atoms with E-state index < -0.39 is 60.6 Å². The number of ether oxygens (including phenoxy) is 1. The van der Waals surface area contributed by atoms with Gasteiger partial charge in [0, 0.05) is 17.4 Å². The lowest BCUT2D eigenvalue weighted by molar-refractivity contribution is -0.143. The van der Waals surface area contributed by atoms with Gasteiger partial charge in [-0.2, -0.15) is 13.2 Å². The van der Waals surface area contributed by atoms with Gasteiger partial charge in [0.25, 0.3) is 0 Å². The molecule has 38 heavy (non-hydrogen) atoms. The van der Waals surface area contributed by atoms with E-state index in [2.05, 4.69) is 9.97 Å². The summed E-state index contributed by atoms with van der Waals surface area (Å²) in [6.07, 6.45) is -10.3. The number of aromatic amines is 1. The van der Waals surface area contributed by atoms with Crippen molar-refractivity contribution in [2.75, 3.05) is 0 Å². The summed E-state index contributed by atoms with van der Waals surface area (Å²) >= 11 is 5.23. The lowest BCUT2D eigenvalue weighted by Crippen LogP contribution is -2.41. The molecule has 214 valence electrons. The van der Waals surface area contributed by atoms with E-state index in [0.717, 1.165) is 0 Å². The molecule has 3 rings (SSSR count). The summed E-state index contributed by atoms with van der Waals surface area (Å²) < 4.78 is 77.5. The maximum Gasteiger partial charge on any atom is 0.436 e. The minimum absolute atomic E-state index is 0.0619. The Morgan fingerprint density at radius 1 is 1.16 bits per heavy atom. The summed E-state index contributed by atoms with van der Waals surface area (Å²) in [5.41, 5.74) is -3.29. The Bertz CT molecular complexity index is 1280. The van der Waals surface area contributed by atoms with Crippen molar-refractivity contribution in [3.63, 3.8) is 0 Å². The maximum absolute atomic E-state index is 14.1. The van der Waals surface area contributed by atoms with Crippen LogP contribution in [0.15, 0.2) is 12.1 Å². The first-order valence-electron chi connectivity index (χ1n) is 12.0. The third kappa shape index (κ3) is 5.83. The molecule has 2 aromatic heterocycles. The number of rotatable bonds is 9. The molecular formula is C23H31F4N2O7PS. The third-order valence-corrected chi connectivity index (χ3v) is 9.71. The van der Waals surface area contributed by atoms with Gasteiger partial charge in [-0.3, -0.25) is 9.09 Å². The fourth-order valence-electron chi connectivity index (χ4n) is 4.34. The van der Waals surface area contributed by atoms with Gasteiger partial charge in [-0.05, 0) is 38.3 Å². The van der Waals surface area contributed by atoms with Crippen molar-refractivity contribution in [1.29, 1.82) is 0 Å². The molecule has 1 aliphatic heterocycles. The van der Waals surface area contributed by atoms with E-state index in [0.29, 0.717) is 6.07 Å². The first kappa shape index (κ1) is 31.0. The number of aromatic nitrogens is 2. The molecule has 1 saturated heterocycles. The molecule has 5 N–H and O–H groups in total. The molecule has 9 nitrogen and oxygen atoms in total. The Morgan fingerprint density at radius 3 is 2.29 bits per heavy atom. The van der Waals surface area contributed by atoms with Crippen molar-refractivity contribution in [3.8, 4) is 0 Å². The molecule has 3 heterocycles. The van der Waals surface area contributed by atoms with E-state index in [-0.39, 0.29) is 46.9 Å². The smallest absolute Gasteiger partial charge is 0.388 e. The molecule has 0 aliphatic carbocycles. The van der Waals surface area contributed by atoms with Gasteiger partial charge in [0.05, 0.1) is 11.7 Å². The van der Waals surface area contributed by atoms with E-state index in [9.17, 15) is 42.3 Å². The molecule has 6 unspecified atom stereocenters. The van der Waals surface area contributed by atoms with Gasteiger partial charge >= 0.3 is 13.8 Å². The van der Waals surface area contributed by atoms with Crippen LogP contribution in [0.4, 0.5) is 17.6 Å². The Labute approximate surface area is 221 Å². The van der Waals surface area contributed by atoms with Crippen molar-refractivity contribution >= 4 is 30.8 Å². The second-order valence-corrected chi connectivity index (χ2v) is 12.3. The van der Waals surface area contributed by atoms with Gasteiger partial charge in [0.1, 0.15) is 28.6 Å². The number of halogens is 4. The highest BCUT2D eigenvalue weighted by Gasteiger charge is 2.51. The third-order valence-electron chi connectivity index (χ3n) is 7.21. The summed E-state index contributed by atoms with van der Waals surface area (Å²) in [7, 11) is -4.56. The molecule has 0 saturated carbocycles. The van der Waals surface area contributed by atoms with Crippen molar-refractivity contribution in [3.05, 3.63) is 33.8 Å². The zero-order chi connectivity index (χ0) is 28.8. The van der Waals surface area contributed by atoms with Gasteiger partial charge in [-0.1, -0.05) is 33.0 Å². The van der Waals surface area contributed by atoms with E-state index >= 15 is 0 Å². The standard InChI is InChI=1S/C23H31F4N2O7PS/c1-5-21(4,32)37(33,34)36-22(6-2,7-3)10-14-15(30)16(31)17(35-14)12-8-11-9-13(24)18(23(25,26)27)28-19(11)29-20(12)38/h8-9,14-17,30-32H,5-7,10H2,1-4H3,(H,33,34)(H,28,29,38). The summed E-state index contributed by atoms with van der Waals surface area (Å²) in [4.78, 5) is 16.3. The highest BCUT2D eigenvalue weighted by Crippen LogP contribution is 2.59. The van der Waals surface area contributed by atoms with Crippen LogP contribution in [0.3, 0.4) is 0 Å². The number of fused-ring (bicyclic) bond motifs is 1. The van der Waals surface area contributed by atoms with Crippen molar-refractivity contribution in [2.24, 2.45) is 0 Å². The number of nitrogens with zero attached hydrogens (tertiary/aromatic N) is 1. The summed E-state index contributed by atoms with van der Waals surface area (Å²) in [5.74, 6) is -1.60. The fraction of sp³-hybridized carbons (Fsp3) is 0.652. The van der Waals surface area contributed by atoms with Crippen molar-refractivity contribution in [2.45, 2.75) is 94.9 Å². The molecule has 0 amide bonds. The average molecular weight is 587 g/mol. The lowest BCUT2D eigenvalue weighted by Gasteiger charge is -2.39. The summed E-state index contributed by atoms with van der Waals surface area (Å²) in [5, 5.41) is 29.8. The van der Waals surface area contributed by atoms with Crippen LogP contribution in [0.2, 0.25) is 0 Å². The molecule has 1 fully saturated rings. The zero-order valence-electron chi connectivity index (χ0n) is 21.1. The summed E-state index contributed by atoms with van der Waals surface area (Å²) in [6.45, 7) is 6.09. The normalized spacial score (nSPS) is 25.9. The Balaban J connectivity index is 1.94. The van der Waals surface area contributed by atoms with Crippen molar-refractivity contribution < 1.29 is 51.6 Å². The molecule has 6 atom stereocenters. The van der Waals surface area contributed by atoms with Crippen LogP contribution in [-0.4, -0.2) is 59.4 Å². The molecule has 0 aromatic carbocycles. The van der Waals surface area contributed by atoms with Gasteiger partial charge < -0.3 is 29.9 Å². The molecule has 0 spiro atoms. The Hall–Kier alpha value is -1.51. The van der Waals surface area contributed by atoms with Crippen LogP contribution >= 0.6 is 19.8 Å². The first-order chi connectivity index (χ1) is 17.4. The second-order valence-electron chi connectivity index (χ2n) is 9.66. The summed E-state index contributed by atoms with van der Waals surface area (Å²) in [6, 6.07) is 1.85. The molecule has 0 radical (unpaired) electrons. The highest BCUT2D eigenvalue weighted by molar-refractivity contribution is 7.71. The SMILES string of the molecule is CCC(CC)(CC1OC(c2cc3cc(F)c(C(F)(F)F)nc3[nH]c2=S)C(O)C1O)OP(=O)(O)C(C)(O)CC. The molecule has 2 aromatic rings. The van der Waals surface area contributed by atoms with Crippen LogP contribution in [0, 0.1) is 10.5 Å². The topological polar surface area (TPSA) is 145 Å². The molecule has 0 bridgehead atoms. The van der Waals surface area contributed by atoms with E-state index in [1.54, 1.807) is 13.8 Å². The number of nitrogens with one attached hydrogen (secondary N) is 1. The largest absolute Gasteiger partial charge is 0.436 e. The van der Waals surface area contributed by atoms with Gasteiger partial charge in [-0.25, -0.2) is 9.37 Å². The number of aliphatic hydroxyl groups excluding tert-OH is 2. The Morgan fingerprint density at radius 2 is 1.76 bits per heavy atom. The zero-order valence-corrected chi connectivity index (χ0v) is 22.8. The quantitative estimate of drug-likeness (QED) is 0.158. The Kier molecular flexibility index (Phi) is 8.83. The fourth-order valence-corrected chi connectivity index (χ4v) is 6.07. The minimum atomic E-state index is -5.02. The highest BCUT2D eigenvalue weighted by atomic mass is 32.1. The minimum Gasteiger partial charge on any atom is -0.388 e. The van der Waals surface area contributed by atoms with Crippen LogP contribution in [0.5, 0.6) is 0 Å². The number of hydrogen-bond donors (Lipinski definition) is 5. The van der Waals surface area contributed by atoms with E-state index in [1.165, 1.54) is 19.9 Å². The molecular weight excluding hydrogens is 555 g/mol. The number of hydrogen-bond acceptors (Lipinski definition) is 8. The predicted molar refractivity (Wildman–Crippen MR) is 131 cm³/mol. The molecule has 1 aliphatic rings. The predicted octanol–water partition coefficient (Wildman–Crippen LogP) is 4.88. The van der Waals surface area contributed by atoms with Crippen LogP contribution in [-0.2, 0) is 20.0 Å². The van der Waals surface area contributed by atoms with E-state index in [4.69, 9.17) is 21.5 Å². The maximum atomic E-state index is 14.1. The second kappa shape index (κ2) is 10.8. The van der Waals surface area contributed by atoms with Crippen LogP contribution in [0.1, 0.15) is 70.7 Å². The van der Waals surface area contributed by atoms with Crippen molar-refractivity contribution in [1.82, 2.24) is 9.97 Å². The van der Waals surface area contributed by atoms with Gasteiger partial charge in [0.2, 0.25) is 0 Å². The molecule has 15 heteroatoms. The first-order valence-corrected chi connectivity index (χ1v) is 14.0. The van der Waals surface area contributed by atoms with Gasteiger partial charge in [-0.15, -0.1) is 0 Å². The number of pyridine rings is 2. The number of alkyl halides is 3. The number of H-pyrrole nitrogens is 1. The number of aliphatic hydroxyl groups is 3. The van der Waals surface area contributed by atoms with Crippen LogP contribution in [0.25, 0.3) is 11.0 Å². The van der Waals surface area contributed by atoms with Crippen LogP contribution < -0.4 is 0 Å². The average Bonchev–Trinajstić information content (AvgIpc) is 3.10.